The fourth-order valence-corrected chi connectivity index (χ4v) is 0.701. The Morgan fingerprint density at radius 3 is 3.30 bits per heavy atom. The summed E-state index contributed by atoms with van der Waals surface area (Å²) in [5.74, 6) is -0.734. The van der Waals surface area contributed by atoms with Crippen LogP contribution in [-0.4, -0.2) is 19.7 Å². The number of aromatic amines is 1. The van der Waals surface area contributed by atoms with Gasteiger partial charge in [-0.15, -0.1) is 0 Å². The molecule has 0 saturated carbocycles. The Balaban J connectivity index is 3.03. The van der Waals surface area contributed by atoms with Crippen molar-refractivity contribution in [1.29, 1.82) is 0 Å². The Kier molecular flexibility index (Phi) is 0.717. The van der Waals surface area contributed by atoms with Gasteiger partial charge in [0.25, 0.3) is 0 Å². The molecule has 0 aliphatic carbocycles. The molecule has 0 saturated heterocycles. The van der Waals surface area contributed by atoms with Gasteiger partial charge in [-0.25, -0.2) is 9.89 Å². The number of nitrogens with zero attached hydrogens (tertiary/aromatic N) is 2. The fraction of sp³-hybridized carbons (Fsp3) is 0. The zero-order valence-corrected chi connectivity index (χ0v) is 4.74. The summed E-state index contributed by atoms with van der Waals surface area (Å²) in [4.78, 5) is 14.0. The molecule has 0 fully saturated rings. The Labute approximate surface area is 53.7 Å². The summed E-state index contributed by atoms with van der Waals surface area (Å²) in [6.07, 6.45) is 1.18. The molecule has 0 bridgehead atoms. The first kappa shape index (κ1) is 5.10. The van der Waals surface area contributed by atoms with E-state index in [1.165, 1.54) is 6.20 Å². The van der Waals surface area contributed by atoms with Crippen molar-refractivity contribution in [2.75, 3.05) is 0 Å². The van der Waals surface area contributed by atoms with Gasteiger partial charge in [-0.05, 0) is 0 Å². The highest BCUT2D eigenvalue weighted by Crippen LogP contribution is 2.06. The van der Waals surface area contributed by atoms with Gasteiger partial charge in [-0.3, -0.25) is 0 Å². The van der Waals surface area contributed by atoms with E-state index in [2.05, 4.69) is 14.5 Å². The van der Waals surface area contributed by atoms with Crippen molar-refractivity contribution in [3.63, 3.8) is 0 Å². The maximum Gasteiger partial charge on any atom is 0.434 e. The van der Waals surface area contributed by atoms with E-state index in [0.717, 1.165) is 4.52 Å². The standard InChI is InChI=1S/C4H3N3O3/c8-2-1-5-3-7(2)6-4(9)10-3/h1,8H,(H,6,9). The van der Waals surface area contributed by atoms with Crippen LogP contribution in [0.1, 0.15) is 0 Å². The molecular weight excluding hydrogens is 138 g/mol. The second-order valence-corrected chi connectivity index (χ2v) is 1.74. The second kappa shape index (κ2) is 1.41. The summed E-state index contributed by atoms with van der Waals surface area (Å²) in [6.45, 7) is 0. The molecule has 52 valence electrons. The summed E-state index contributed by atoms with van der Waals surface area (Å²) in [5, 5.41) is 11.1. The Morgan fingerprint density at radius 1 is 1.80 bits per heavy atom. The molecule has 2 aromatic rings. The van der Waals surface area contributed by atoms with Crippen molar-refractivity contribution in [2.24, 2.45) is 0 Å². The summed E-state index contributed by atoms with van der Waals surface area (Å²) < 4.78 is 5.51. The minimum Gasteiger partial charge on any atom is -0.492 e. The molecule has 10 heavy (non-hydrogen) atoms. The normalized spacial score (nSPS) is 10.8. The van der Waals surface area contributed by atoms with Gasteiger partial charge in [0.2, 0.25) is 5.88 Å². The summed E-state index contributed by atoms with van der Waals surface area (Å²) in [5.41, 5.74) is 0. The van der Waals surface area contributed by atoms with Crippen LogP contribution < -0.4 is 5.76 Å². The monoisotopic (exact) mass is 141 g/mol. The topological polar surface area (TPSA) is 83.5 Å². The van der Waals surface area contributed by atoms with Crippen LogP contribution in [0.4, 0.5) is 0 Å². The lowest BCUT2D eigenvalue weighted by atomic mass is 10.9. The number of fused-ring (bicyclic) bond motifs is 1. The van der Waals surface area contributed by atoms with Crippen LogP contribution in [-0.2, 0) is 0 Å². The van der Waals surface area contributed by atoms with E-state index in [9.17, 15) is 4.79 Å². The third kappa shape index (κ3) is 0.471. The quantitative estimate of drug-likeness (QED) is 0.509. The zero-order chi connectivity index (χ0) is 7.14. The van der Waals surface area contributed by atoms with Crippen LogP contribution in [0.5, 0.6) is 5.88 Å². The Morgan fingerprint density at radius 2 is 2.60 bits per heavy atom. The van der Waals surface area contributed by atoms with Crippen molar-refractivity contribution in [2.45, 2.75) is 0 Å². The molecule has 6 heteroatoms. The first-order chi connectivity index (χ1) is 4.77. The molecule has 0 aliphatic rings. The van der Waals surface area contributed by atoms with Crippen LogP contribution in [0, 0.1) is 0 Å². The summed E-state index contributed by atoms with van der Waals surface area (Å²) in [6, 6.07) is 0. The van der Waals surface area contributed by atoms with E-state index >= 15 is 0 Å². The van der Waals surface area contributed by atoms with Crippen molar-refractivity contribution >= 4 is 5.84 Å². The molecule has 0 aromatic carbocycles. The highest BCUT2D eigenvalue weighted by atomic mass is 16.4. The van der Waals surface area contributed by atoms with Crippen LogP contribution in [0.2, 0.25) is 0 Å². The van der Waals surface area contributed by atoms with Gasteiger partial charge in [0.1, 0.15) is 0 Å². The average Bonchev–Trinajstić information content (AvgIpc) is 2.35. The number of aromatic hydroxyl groups is 1. The van der Waals surface area contributed by atoms with Crippen molar-refractivity contribution in [3.05, 3.63) is 16.7 Å². The molecule has 0 aliphatic heterocycles. The molecule has 0 amide bonds. The third-order valence-corrected chi connectivity index (χ3v) is 1.10. The highest BCUT2D eigenvalue weighted by molar-refractivity contribution is 5.25. The van der Waals surface area contributed by atoms with Crippen LogP contribution in [0.3, 0.4) is 0 Å². The minimum atomic E-state index is -0.640. The lowest BCUT2D eigenvalue weighted by Crippen LogP contribution is -1.97. The van der Waals surface area contributed by atoms with Gasteiger partial charge in [0.15, 0.2) is 0 Å². The van der Waals surface area contributed by atoms with Crippen LogP contribution >= 0.6 is 0 Å². The van der Waals surface area contributed by atoms with Gasteiger partial charge >= 0.3 is 11.6 Å². The average molecular weight is 141 g/mol. The first-order valence-corrected chi connectivity index (χ1v) is 2.53. The lowest BCUT2D eigenvalue weighted by Gasteiger charge is -1.79. The number of imidazole rings is 1. The van der Waals surface area contributed by atoms with E-state index in [1.54, 1.807) is 0 Å². The third-order valence-electron chi connectivity index (χ3n) is 1.10. The van der Waals surface area contributed by atoms with Crippen molar-refractivity contribution in [3.8, 4) is 5.88 Å². The lowest BCUT2D eigenvalue weighted by molar-refractivity contribution is 0.439. The summed E-state index contributed by atoms with van der Waals surface area (Å²) >= 11 is 0. The summed E-state index contributed by atoms with van der Waals surface area (Å²) in [7, 11) is 0. The van der Waals surface area contributed by atoms with E-state index < -0.39 is 5.76 Å². The molecule has 0 radical (unpaired) electrons. The van der Waals surface area contributed by atoms with Crippen molar-refractivity contribution < 1.29 is 9.52 Å². The number of rotatable bonds is 0. The minimum absolute atomic E-state index is 0.0579. The maximum atomic E-state index is 10.4. The predicted molar refractivity (Wildman–Crippen MR) is 29.7 cm³/mol. The van der Waals surface area contributed by atoms with E-state index in [1.807, 2.05) is 0 Å². The number of H-pyrrole nitrogens is 1. The molecule has 6 nitrogen and oxygen atoms in total. The Hall–Kier alpha value is -1.72. The van der Waals surface area contributed by atoms with E-state index in [0.29, 0.717) is 0 Å². The van der Waals surface area contributed by atoms with Gasteiger partial charge in [0, 0.05) is 0 Å². The molecule has 2 rings (SSSR count). The fourth-order valence-electron chi connectivity index (χ4n) is 0.701. The van der Waals surface area contributed by atoms with Crippen molar-refractivity contribution in [1.82, 2.24) is 14.6 Å². The first-order valence-electron chi connectivity index (χ1n) is 2.53. The largest absolute Gasteiger partial charge is 0.492 e. The van der Waals surface area contributed by atoms with Gasteiger partial charge in [0.05, 0.1) is 6.20 Å². The highest BCUT2D eigenvalue weighted by Gasteiger charge is 2.04. The van der Waals surface area contributed by atoms with Crippen LogP contribution in [0.25, 0.3) is 5.84 Å². The molecular formula is C4H3N3O3. The number of aromatic nitrogens is 3. The number of hydrogen-bond acceptors (Lipinski definition) is 4. The molecule has 0 atom stereocenters. The van der Waals surface area contributed by atoms with Gasteiger partial charge in [-0.2, -0.15) is 9.50 Å². The van der Waals surface area contributed by atoms with Gasteiger partial charge in [-0.1, -0.05) is 0 Å². The Bertz CT molecular complexity index is 408. The number of hydrogen-bond donors (Lipinski definition) is 2. The zero-order valence-electron chi connectivity index (χ0n) is 4.74. The predicted octanol–water partition coefficient (Wildman–Crippen LogP) is -0.679. The van der Waals surface area contributed by atoms with E-state index in [-0.39, 0.29) is 11.7 Å². The molecule has 0 spiro atoms. The molecule has 2 N–H and O–H groups in total. The van der Waals surface area contributed by atoms with E-state index in [4.69, 9.17) is 5.11 Å². The van der Waals surface area contributed by atoms with Crippen LogP contribution in [0.15, 0.2) is 15.4 Å². The smallest absolute Gasteiger partial charge is 0.434 e. The number of nitrogens with one attached hydrogen (secondary N) is 1. The second-order valence-electron chi connectivity index (χ2n) is 1.74. The molecule has 2 heterocycles. The van der Waals surface area contributed by atoms with Gasteiger partial charge < -0.3 is 9.52 Å². The SMILES string of the molecule is O=c1[nH]n2c(O)cnc2o1. The molecule has 0 unspecified atom stereocenters. The molecule has 2 aromatic heterocycles. The maximum absolute atomic E-state index is 10.4.